The molecule has 1 aromatic carbocycles. The molecule has 1 heterocycles. The Bertz CT molecular complexity index is 509. The number of aryl methyl sites for hydroxylation is 1. The molecule has 4 nitrogen and oxygen atoms in total. The van der Waals surface area contributed by atoms with E-state index in [1.807, 2.05) is 12.1 Å². The number of nitrogens with zero attached hydrogens (tertiary/aromatic N) is 1. The summed E-state index contributed by atoms with van der Waals surface area (Å²) in [5, 5.41) is 7.40. The molecular formula is C15H20N2O2. The van der Waals surface area contributed by atoms with Crippen molar-refractivity contribution in [3.63, 3.8) is 0 Å². The van der Waals surface area contributed by atoms with Gasteiger partial charge in [0, 0.05) is 24.2 Å². The zero-order chi connectivity index (χ0) is 13.7. The molecule has 0 aliphatic carbocycles. The van der Waals surface area contributed by atoms with Crippen molar-refractivity contribution < 1.29 is 9.26 Å². The molecule has 2 aromatic rings. The maximum Gasteiger partial charge on any atom is 0.124 e. The van der Waals surface area contributed by atoms with Crippen LogP contribution in [-0.4, -0.2) is 12.3 Å². The van der Waals surface area contributed by atoms with Crippen LogP contribution in [0.3, 0.4) is 0 Å². The predicted molar refractivity (Wildman–Crippen MR) is 74.1 cm³/mol. The molecule has 1 N–H and O–H groups in total. The van der Waals surface area contributed by atoms with Gasteiger partial charge in [0.05, 0.1) is 12.8 Å². The first-order valence-electron chi connectivity index (χ1n) is 6.51. The standard InChI is InChI=1S/C15H20N2O2/c1-4-14(16-10-12-7-8-19-17-12)13-9-11(2)5-6-15(13)18-3/h5-9,14,16H,4,10H2,1-3H3. The fourth-order valence-corrected chi connectivity index (χ4v) is 2.16. The lowest BCUT2D eigenvalue weighted by Crippen LogP contribution is -2.21. The maximum atomic E-state index is 5.45. The Morgan fingerprint density at radius 2 is 2.21 bits per heavy atom. The number of aromatic nitrogens is 1. The van der Waals surface area contributed by atoms with Crippen LogP contribution >= 0.6 is 0 Å². The highest BCUT2D eigenvalue weighted by Crippen LogP contribution is 2.28. The third kappa shape index (κ3) is 3.35. The number of ether oxygens (including phenoxy) is 1. The van der Waals surface area contributed by atoms with Gasteiger partial charge < -0.3 is 14.6 Å². The van der Waals surface area contributed by atoms with Gasteiger partial charge in [-0.15, -0.1) is 0 Å². The van der Waals surface area contributed by atoms with Crippen molar-refractivity contribution in [2.24, 2.45) is 0 Å². The molecule has 0 aliphatic heterocycles. The van der Waals surface area contributed by atoms with Crippen LogP contribution in [0.1, 0.15) is 36.2 Å². The summed E-state index contributed by atoms with van der Waals surface area (Å²) in [6.07, 6.45) is 2.57. The van der Waals surface area contributed by atoms with E-state index < -0.39 is 0 Å². The number of benzene rings is 1. The van der Waals surface area contributed by atoms with Crippen molar-refractivity contribution in [3.05, 3.63) is 47.3 Å². The molecule has 0 saturated carbocycles. The minimum absolute atomic E-state index is 0.242. The fourth-order valence-electron chi connectivity index (χ4n) is 2.16. The highest BCUT2D eigenvalue weighted by Gasteiger charge is 2.14. The van der Waals surface area contributed by atoms with Crippen LogP contribution in [0, 0.1) is 6.92 Å². The number of hydrogen-bond donors (Lipinski definition) is 1. The molecule has 102 valence electrons. The lowest BCUT2D eigenvalue weighted by molar-refractivity contribution is 0.389. The van der Waals surface area contributed by atoms with Gasteiger partial charge in [-0.1, -0.05) is 29.8 Å². The molecule has 1 aromatic heterocycles. The van der Waals surface area contributed by atoms with Gasteiger partial charge in [0.25, 0.3) is 0 Å². The number of methoxy groups -OCH3 is 1. The molecule has 19 heavy (non-hydrogen) atoms. The van der Waals surface area contributed by atoms with E-state index in [0.717, 1.165) is 17.9 Å². The van der Waals surface area contributed by atoms with Gasteiger partial charge >= 0.3 is 0 Å². The first-order valence-corrected chi connectivity index (χ1v) is 6.51. The van der Waals surface area contributed by atoms with Gasteiger partial charge in [0.1, 0.15) is 12.0 Å². The van der Waals surface area contributed by atoms with Crippen molar-refractivity contribution in [2.45, 2.75) is 32.9 Å². The summed E-state index contributed by atoms with van der Waals surface area (Å²) >= 11 is 0. The molecular weight excluding hydrogens is 240 g/mol. The van der Waals surface area contributed by atoms with E-state index >= 15 is 0 Å². The first kappa shape index (κ1) is 13.6. The lowest BCUT2D eigenvalue weighted by Gasteiger charge is -2.20. The average Bonchev–Trinajstić information content (AvgIpc) is 2.93. The van der Waals surface area contributed by atoms with Gasteiger partial charge in [0.2, 0.25) is 0 Å². The number of rotatable bonds is 6. The van der Waals surface area contributed by atoms with Crippen LogP contribution in [0.4, 0.5) is 0 Å². The number of nitrogens with one attached hydrogen (secondary N) is 1. The van der Waals surface area contributed by atoms with Gasteiger partial charge in [-0.3, -0.25) is 0 Å². The average molecular weight is 260 g/mol. The fraction of sp³-hybridized carbons (Fsp3) is 0.400. The van der Waals surface area contributed by atoms with Gasteiger partial charge in [-0.25, -0.2) is 0 Å². The zero-order valence-electron chi connectivity index (χ0n) is 11.6. The van der Waals surface area contributed by atoms with Crippen LogP contribution in [0.25, 0.3) is 0 Å². The molecule has 0 amide bonds. The normalized spacial score (nSPS) is 12.4. The third-order valence-electron chi connectivity index (χ3n) is 3.19. The Kier molecular flexibility index (Phi) is 4.58. The van der Waals surface area contributed by atoms with Crippen molar-refractivity contribution in [2.75, 3.05) is 7.11 Å². The molecule has 2 rings (SSSR count). The summed E-state index contributed by atoms with van der Waals surface area (Å²) in [5.41, 5.74) is 3.33. The zero-order valence-corrected chi connectivity index (χ0v) is 11.6. The quantitative estimate of drug-likeness (QED) is 0.866. The molecule has 0 spiro atoms. The topological polar surface area (TPSA) is 47.3 Å². The molecule has 0 radical (unpaired) electrons. The van der Waals surface area contributed by atoms with E-state index in [9.17, 15) is 0 Å². The van der Waals surface area contributed by atoms with Crippen molar-refractivity contribution in [1.29, 1.82) is 0 Å². The molecule has 1 atom stereocenters. The van der Waals surface area contributed by atoms with E-state index in [4.69, 9.17) is 9.26 Å². The lowest BCUT2D eigenvalue weighted by atomic mass is 10.0. The number of hydrogen-bond acceptors (Lipinski definition) is 4. The summed E-state index contributed by atoms with van der Waals surface area (Å²) in [6.45, 7) is 4.93. The molecule has 0 aliphatic rings. The molecule has 0 saturated heterocycles. The van der Waals surface area contributed by atoms with Crippen LogP contribution in [0.5, 0.6) is 5.75 Å². The van der Waals surface area contributed by atoms with E-state index in [2.05, 4.69) is 36.5 Å². The summed E-state index contributed by atoms with van der Waals surface area (Å²) in [6, 6.07) is 8.36. The van der Waals surface area contributed by atoms with Crippen LogP contribution < -0.4 is 10.1 Å². The summed E-state index contributed by atoms with van der Waals surface area (Å²) < 4.78 is 10.3. The third-order valence-corrected chi connectivity index (χ3v) is 3.19. The second kappa shape index (κ2) is 6.38. The van der Waals surface area contributed by atoms with Crippen LogP contribution in [-0.2, 0) is 6.54 Å². The molecule has 0 fully saturated rings. The maximum absolute atomic E-state index is 5.45. The van der Waals surface area contributed by atoms with Crippen molar-refractivity contribution in [1.82, 2.24) is 10.5 Å². The molecule has 4 heteroatoms. The van der Waals surface area contributed by atoms with Crippen LogP contribution in [0.2, 0.25) is 0 Å². The van der Waals surface area contributed by atoms with Gasteiger partial charge in [0.15, 0.2) is 0 Å². The Hall–Kier alpha value is -1.81. The van der Waals surface area contributed by atoms with E-state index in [1.54, 1.807) is 13.4 Å². The Morgan fingerprint density at radius 1 is 1.37 bits per heavy atom. The monoisotopic (exact) mass is 260 g/mol. The van der Waals surface area contributed by atoms with E-state index in [0.29, 0.717) is 6.54 Å². The van der Waals surface area contributed by atoms with Crippen molar-refractivity contribution >= 4 is 0 Å². The van der Waals surface area contributed by atoms with Gasteiger partial charge in [-0.05, 0) is 19.4 Å². The largest absolute Gasteiger partial charge is 0.496 e. The summed E-state index contributed by atoms with van der Waals surface area (Å²) in [4.78, 5) is 0. The summed E-state index contributed by atoms with van der Waals surface area (Å²) in [7, 11) is 1.71. The smallest absolute Gasteiger partial charge is 0.124 e. The second-order valence-electron chi connectivity index (χ2n) is 4.58. The molecule has 1 unspecified atom stereocenters. The first-order chi connectivity index (χ1) is 9.24. The summed E-state index contributed by atoms with van der Waals surface area (Å²) in [5.74, 6) is 0.921. The minimum Gasteiger partial charge on any atom is -0.496 e. The van der Waals surface area contributed by atoms with Gasteiger partial charge in [-0.2, -0.15) is 0 Å². The predicted octanol–water partition coefficient (Wildman–Crippen LogP) is 3.23. The Morgan fingerprint density at radius 3 is 2.84 bits per heavy atom. The SMILES string of the molecule is CCC(NCc1ccon1)c1cc(C)ccc1OC. The highest BCUT2D eigenvalue weighted by molar-refractivity contribution is 5.39. The van der Waals surface area contributed by atoms with E-state index in [-0.39, 0.29) is 6.04 Å². The minimum atomic E-state index is 0.242. The van der Waals surface area contributed by atoms with E-state index in [1.165, 1.54) is 11.1 Å². The molecule has 0 bridgehead atoms. The highest BCUT2D eigenvalue weighted by atomic mass is 16.5. The Labute approximate surface area is 113 Å². The van der Waals surface area contributed by atoms with Crippen molar-refractivity contribution in [3.8, 4) is 5.75 Å². The Balaban J connectivity index is 2.14. The second-order valence-corrected chi connectivity index (χ2v) is 4.58. The van der Waals surface area contributed by atoms with Crippen LogP contribution in [0.15, 0.2) is 35.1 Å².